The summed E-state index contributed by atoms with van der Waals surface area (Å²) in [6.45, 7) is 8.56. The Morgan fingerprint density at radius 2 is 1.85 bits per heavy atom. The van der Waals surface area contributed by atoms with E-state index in [2.05, 4.69) is 23.9 Å². The molecule has 0 saturated carbocycles. The minimum atomic E-state index is -3.45. The molecule has 0 heterocycles. The average Bonchev–Trinajstić information content (AvgIpc) is 2.29. The van der Waals surface area contributed by atoms with Crippen LogP contribution in [0, 0.1) is 12.8 Å². The van der Waals surface area contributed by atoms with Gasteiger partial charge in [-0.2, -0.15) is 0 Å². The van der Waals surface area contributed by atoms with Gasteiger partial charge in [-0.05, 0) is 50.4 Å². The number of aryl methyl sites for hydroxylation is 1. The van der Waals surface area contributed by atoms with Crippen molar-refractivity contribution >= 4 is 10.0 Å². The highest BCUT2D eigenvalue weighted by Gasteiger charge is 2.20. The van der Waals surface area contributed by atoms with E-state index in [1.807, 2.05) is 33.0 Å². The maximum Gasteiger partial charge on any atom is 0.241 e. The zero-order chi connectivity index (χ0) is 15.3. The topological polar surface area (TPSA) is 58.2 Å². The number of benzene rings is 1. The van der Waals surface area contributed by atoms with Crippen LogP contribution in [-0.2, 0) is 16.6 Å². The smallest absolute Gasteiger partial charge is 0.241 e. The predicted octanol–water partition coefficient (Wildman–Crippen LogP) is 2.43. The minimum absolute atomic E-state index is 0.0626. The van der Waals surface area contributed by atoms with Gasteiger partial charge in [0.2, 0.25) is 10.0 Å². The molecule has 1 rings (SSSR count). The van der Waals surface area contributed by atoms with Crippen LogP contribution >= 0.6 is 0 Å². The lowest BCUT2D eigenvalue weighted by Gasteiger charge is -2.17. The molecule has 0 spiro atoms. The molecule has 1 aromatic carbocycles. The summed E-state index contributed by atoms with van der Waals surface area (Å²) in [5.41, 5.74) is 1.74. The molecule has 0 aliphatic heterocycles. The Balaban J connectivity index is 2.99. The number of hydrogen-bond donors (Lipinski definition) is 2. The Kier molecular flexibility index (Phi) is 6.17. The van der Waals surface area contributed by atoms with E-state index in [0.717, 1.165) is 17.5 Å². The molecule has 0 saturated heterocycles. The molecule has 1 unspecified atom stereocenters. The Labute approximate surface area is 123 Å². The fourth-order valence-electron chi connectivity index (χ4n) is 2.33. The Bertz CT molecular complexity index is 539. The molecule has 20 heavy (non-hydrogen) atoms. The molecule has 0 bridgehead atoms. The molecular weight excluding hydrogens is 272 g/mol. The summed E-state index contributed by atoms with van der Waals surface area (Å²) in [6.07, 6.45) is 0.828. The predicted molar refractivity (Wildman–Crippen MR) is 83.2 cm³/mol. The zero-order valence-electron chi connectivity index (χ0n) is 13.0. The number of hydrogen-bond acceptors (Lipinski definition) is 3. The van der Waals surface area contributed by atoms with Crippen molar-refractivity contribution in [1.82, 2.24) is 10.0 Å². The molecule has 0 aliphatic rings. The van der Waals surface area contributed by atoms with E-state index < -0.39 is 10.0 Å². The molecule has 5 heteroatoms. The van der Waals surface area contributed by atoms with Gasteiger partial charge in [0.25, 0.3) is 0 Å². The van der Waals surface area contributed by atoms with Gasteiger partial charge in [-0.15, -0.1) is 0 Å². The van der Waals surface area contributed by atoms with Gasteiger partial charge in [-0.25, -0.2) is 13.1 Å². The van der Waals surface area contributed by atoms with Crippen molar-refractivity contribution in [3.05, 3.63) is 29.3 Å². The lowest BCUT2D eigenvalue weighted by molar-refractivity contribution is 0.482. The highest BCUT2D eigenvalue weighted by atomic mass is 32.2. The molecule has 1 atom stereocenters. The maximum absolute atomic E-state index is 12.5. The second-order valence-corrected chi connectivity index (χ2v) is 7.46. The highest BCUT2D eigenvalue weighted by molar-refractivity contribution is 7.89. The van der Waals surface area contributed by atoms with E-state index in [0.29, 0.717) is 17.4 Å². The molecule has 0 amide bonds. The third kappa shape index (κ3) is 4.89. The summed E-state index contributed by atoms with van der Waals surface area (Å²) in [4.78, 5) is 0.376. The third-order valence-electron chi connectivity index (χ3n) is 3.10. The van der Waals surface area contributed by atoms with Gasteiger partial charge in [0, 0.05) is 12.6 Å². The van der Waals surface area contributed by atoms with Crippen LogP contribution in [-0.4, -0.2) is 21.5 Å². The van der Waals surface area contributed by atoms with Crippen LogP contribution in [0.5, 0.6) is 0 Å². The molecule has 1 aromatic rings. The van der Waals surface area contributed by atoms with E-state index in [-0.39, 0.29) is 6.04 Å². The Morgan fingerprint density at radius 1 is 1.20 bits per heavy atom. The van der Waals surface area contributed by atoms with Crippen molar-refractivity contribution in [1.29, 1.82) is 0 Å². The van der Waals surface area contributed by atoms with Gasteiger partial charge in [0.05, 0.1) is 4.90 Å². The minimum Gasteiger partial charge on any atom is -0.316 e. The van der Waals surface area contributed by atoms with Crippen molar-refractivity contribution in [3.63, 3.8) is 0 Å². The highest BCUT2D eigenvalue weighted by Crippen LogP contribution is 2.18. The molecule has 114 valence electrons. The monoisotopic (exact) mass is 298 g/mol. The fraction of sp³-hybridized carbons (Fsp3) is 0.600. The molecule has 0 aromatic heterocycles. The van der Waals surface area contributed by atoms with E-state index >= 15 is 0 Å². The zero-order valence-corrected chi connectivity index (χ0v) is 13.8. The lowest BCUT2D eigenvalue weighted by Crippen LogP contribution is -2.34. The number of rotatable bonds is 7. The lowest BCUT2D eigenvalue weighted by atomic mass is 10.1. The third-order valence-corrected chi connectivity index (χ3v) is 4.84. The van der Waals surface area contributed by atoms with Crippen LogP contribution in [0.1, 0.15) is 38.3 Å². The second-order valence-electron chi connectivity index (χ2n) is 5.78. The maximum atomic E-state index is 12.5. The average molecular weight is 298 g/mol. The normalized spacial score (nSPS) is 13.7. The molecule has 0 radical (unpaired) electrons. The van der Waals surface area contributed by atoms with E-state index in [1.165, 1.54) is 0 Å². The summed E-state index contributed by atoms with van der Waals surface area (Å²) in [5, 5.41) is 3.03. The van der Waals surface area contributed by atoms with Crippen LogP contribution in [0.3, 0.4) is 0 Å². The van der Waals surface area contributed by atoms with E-state index in [1.54, 1.807) is 6.07 Å². The van der Waals surface area contributed by atoms with Crippen LogP contribution in [0.25, 0.3) is 0 Å². The Hall–Kier alpha value is -0.910. The summed E-state index contributed by atoms with van der Waals surface area (Å²) in [5.74, 6) is 0.462. The quantitative estimate of drug-likeness (QED) is 0.813. The van der Waals surface area contributed by atoms with Crippen LogP contribution in [0.2, 0.25) is 0 Å². The summed E-state index contributed by atoms with van der Waals surface area (Å²) in [7, 11) is -1.61. The second kappa shape index (κ2) is 7.20. The van der Waals surface area contributed by atoms with Crippen LogP contribution < -0.4 is 10.0 Å². The molecule has 0 aliphatic carbocycles. The van der Waals surface area contributed by atoms with Crippen molar-refractivity contribution in [2.24, 2.45) is 5.92 Å². The first-order valence-electron chi connectivity index (χ1n) is 7.02. The van der Waals surface area contributed by atoms with Gasteiger partial charge in [0.1, 0.15) is 0 Å². The molecule has 2 N–H and O–H groups in total. The summed E-state index contributed by atoms with van der Waals surface area (Å²) < 4.78 is 27.7. The van der Waals surface area contributed by atoms with Gasteiger partial charge in [0.15, 0.2) is 0 Å². The van der Waals surface area contributed by atoms with Crippen LogP contribution in [0.4, 0.5) is 0 Å². The van der Waals surface area contributed by atoms with Crippen molar-refractivity contribution in [3.8, 4) is 0 Å². The molecular formula is C15H26N2O2S. The first-order valence-corrected chi connectivity index (χ1v) is 8.51. The number of nitrogens with one attached hydrogen (secondary N) is 2. The van der Waals surface area contributed by atoms with Crippen molar-refractivity contribution in [2.75, 3.05) is 7.05 Å². The standard InChI is InChI=1S/C15H26N2O2S/c1-11(2)8-13(4)17-20(18,19)15-9-14(10-16-5)7-6-12(15)3/h6-7,9,11,13,16-17H,8,10H2,1-5H3. The summed E-state index contributed by atoms with van der Waals surface area (Å²) in [6, 6.07) is 5.49. The van der Waals surface area contributed by atoms with Crippen LogP contribution in [0.15, 0.2) is 23.1 Å². The van der Waals surface area contributed by atoms with Crippen molar-refractivity contribution < 1.29 is 8.42 Å². The number of sulfonamides is 1. The van der Waals surface area contributed by atoms with E-state index in [4.69, 9.17) is 0 Å². The van der Waals surface area contributed by atoms with Gasteiger partial charge >= 0.3 is 0 Å². The van der Waals surface area contributed by atoms with Gasteiger partial charge < -0.3 is 5.32 Å². The van der Waals surface area contributed by atoms with Crippen molar-refractivity contribution in [2.45, 2.75) is 51.6 Å². The molecule has 0 fully saturated rings. The molecule has 4 nitrogen and oxygen atoms in total. The fourth-order valence-corrected chi connectivity index (χ4v) is 3.88. The first-order chi connectivity index (χ1) is 9.26. The van der Waals surface area contributed by atoms with Gasteiger partial charge in [-0.3, -0.25) is 0 Å². The first kappa shape index (κ1) is 17.1. The van der Waals surface area contributed by atoms with Gasteiger partial charge in [-0.1, -0.05) is 26.0 Å². The Morgan fingerprint density at radius 3 is 2.40 bits per heavy atom. The SMILES string of the molecule is CNCc1ccc(C)c(S(=O)(=O)NC(C)CC(C)C)c1. The summed E-state index contributed by atoms with van der Waals surface area (Å²) >= 11 is 0. The van der Waals surface area contributed by atoms with E-state index in [9.17, 15) is 8.42 Å². The largest absolute Gasteiger partial charge is 0.316 e.